The summed E-state index contributed by atoms with van der Waals surface area (Å²) >= 11 is 0. The monoisotopic (exact) mass is 157 g/mol. The van der Waals surface area contributed by atoms with Gasteiger partial charge in [-0.15, -0.1) is 0 Å². The molecule has 66 valence electrons. The molecule has 1 saturated carbocycles. The van der Waals surface area contributed by atoms with Gasteiger partial charge in [0.1, 0.15) is 0 Å². The molecule has 0 aromatic heterocycles. The first-order valence-corrected chi connectivity index (χ1v) is 4.66. The third-order valence-corrected chi connectivity index (χ3v) is 2.31. The van der Waals surface area contributed by atoms with Crippen LogP contribution in [0.1, 0.15) is 32.1 Å². The second-order valence-electron chi connectivity index (χ2n) is 3.28. The van der Waals surface area contributed by atoms with Crippen LogP contribution in [0.3, 0.4) is 0 Å². The molecular weight excluding hydrogens is 138 g/mol. The lowest BCUT2D eigenvalue weighted by molar-refractivity contribution is 0.191. The molecule has 0 unspecified atom stereocenters. The quantitative estimate of drug-likeness (QED) is 0.591. The summed E-state index contributed by atoms with van der Waals surface area (Å²) in [6.07, 6.45) is 6.66. The Kier molecular flexibility index (Phi) is 4.55. The first-order chi connectivity index (χ1) is 5.43. The van der Waals surface area contributed by atoms with E-state index in [0.29, 0.717) is 0 Å². The zero-order valence-electron chi connectivity index (χ0n) is 7.44. The van der Waals surface area contributed by atoms with Crippen molar-refractivity contribution in [3.8, 4) is 0 Å². The van der Waals surface area contributed by atoms with Crippen molar-refractivity contribution in [1.29, 1.82) is 0 Å². The fraction of sp³-hybridized carbons (Fsp3) is 1.00. The molecule has 2 heteroatoms. The minimum absolute atomic E-state index is 0.845. The van der Waals surface area contributed by atoms with E-state index in [-0.39, 0.29) is 0 Å². The standard InChI is InChI=1S/C9H19NO/c1-11-8-3-2-7-10-9-5-4-6-9/h9-10H,2-8H2,1H3. The van der Waals surface area contributed by atoms with Crippen molar-refractivity contribution in [3.63, 3.8) is 0 Å². The van der Waals surface area contributed by atoms with Crippen molar-refractivity contribution < 1.29 is 4.74 Å². The van der Waals surface area contributed by atoms with Gasteiger partial charge in [-0.25, -0.2) is 0 Å². The molecule has 0 atom stereocenters. The van der Waals surface area contributed by atoms with Crippen molar-refractivity contribution in [2.45, 2.75) is 38.1 Å². The summed E-state index contributed by atoms with van der Waals surface area (Å²) in [5, 5.41) is 3.52. The Bertz CT molecular complexity index is 91.6. The minimum atomic E-state index is 0.845. The van der Waals surface area contributed by atoms with Gasteiger partial charge in [0.25, 0.3) is 0 Å². The zero-order valence-corrected chi connectivity index (χ0v) is 7.44. The summed E-state index contributed by atoms with van der Waals surface area (Å²) in [5.41, 5.74) is 0. The van der Waals surface area contributed by atoms with Crippen molar-refractivity contribution in [2.75, 3.05) is 20.3 Å². The molecule has 0 aromatic rings. The predicted molar refractivity (Wildman–Crippen MR) is 46.8 cm³/mol. The number of methoxy groups -OCH3 is 1. The van der Waals surface area contributed by atoms with Crippen LogP contribution in [0.2, 0.25) is 0 Å². The number of hydrogen-bond donors (Lipinski definition) is 1. The lowest BCUT2D eigenvalue weighted by atomic mass is 9.93. The van der Waals surface area contributed by atoms with E-state index in [2.05, 4.69) is 5.32 Å². The molecule has 1 fully saturated rings. The van der Waals surface area contributed by atoms with Gasteiger partial charge < -0.3 is 10.1 Å². The Labute approximate surface area is 69.3 Å². The van der Waals surface area contributed by atoms with Gasteiger partial charge in [-0.05, 0) is 32.2 Å². The average Bonchev–Trinajstić information content (AvgIpc) is 1.93. The lowest BCUT2D eigenvalue weighted by Gasteiger charge is -2.26. The van der Waals surface area contributed by atoms with Gasteiger partial charge in [0, 0.05) is 19.8 Å². The van der Waals surface area contributed by atoms with Gasteiger partial charge in [-0.2, -0.15) is 0 Å². The maximum atomic E-state index is 4.96. The van der Waals surface area contributed by atoms with Crippen molar-refractivity contribution in [1.82, 2.24) is 5.32 Å². The fourth-order valence-electron chi connectivity index (χ4n) is 1.29. The van der Waals surface area contributed by atoms with Gasteiger partial charge in [0.15, 0.2) is 0 Å². The molecule has 0 aromatic carbocycles. The first-order valence-electron chi connectivity index (χ1n) is 4.66. The lowest BCUT2D eigenvalue weighted by Crippen LogP contribution is -2.35. The second-order valence-corrected chi connectivity index (χ2v) is 3.28. The van der Waals surface area contributed by atoms with Crippen LogP contribution in [0, 0.1) is 0 Å². The summed E-state index contributed by atoms with van der Waals surface area (Å²) < 4.78 is 4.96. The van der Waals surface area contributed by atoms with Crippen LogP contribution in [0.15, 0.2) is 0 Å². The maximum absolute atomic E-state index is 4.96. The predicted octanol–water partition coefficient (Wildman–Crippen LogP) is 1.56. The molecule has 0 spiro atoms. The number of nitrogens with one attached hydrogen (secondary N) is 1. The van der Waals surface area contributed by atoms with Crippen molar-refractivity contribution in [3.05, 3.63) is 0 Å². The minimum Gasteiger partial charge on any atom is -0.385 e. The number of hydrogen-bond acceptors (Lipinski definition) is 2. The highest BCUT2D eigenvalue weighted by molar-refractivity contribution is 4.75. The van der Waals surface area contributed by atoms with Crippen molar-refractivity contribution >= 4 is 0 Å². The molecule has 11 heavy (non-hydrogen) atoms. The van der Waals surface area contributed by atoms with E-state index >= 15 is 0 Å². The average molecular weight is 157 g/mol. The van der Waals surface area contributed by atoms with Crippen LogP contribution < -0.4 is 5.32 Å². The molecule has 0 saturated heterocycles. The molecule has 0 bridgehead atoms. The summed E-state index contributed by atoms with van der Waals surface area (Å²) in [7, 11) is 1.76. The van der Waals surface area contributed by atoms with Crippen LogP contribution in [0.5, 0.6) is 0 Å². The Morgan fingerprint density at radius 2 is 2.18 bits per heavy atom. The Morgan fingerprint density at radius 1 is 1.36 bits per heavy atom. The van der Waals surface area contributed by atoms with E-state index in [4.69, 9.17) is 4.74 Å². The molecular formula is C9H19NO. The molecule has 1 aliphatic carbocycles. The molecule has 1 aliphatic rings. The molecule has 0 heterocycles. The molecule has 2 nitrogen and oxygen atoms in total. The SMILES string of the molecule is COCCCCNC1CCC1. The van der Waals surface area contributed by atoms with E-state index in [1.807, 2.05) is 0 Å². The van der Waals surface area contributed by atoms with Crippen LogP contribution in [-0.4, -0.2) is 26.3 Å². The summed E-state index contributed by atoms with van der Waals surface area (Å²) in [6, 6.07) is 0.845. The maximum Gasteiger partial charge on any atom is 0.0462 e. The summed E-state index contributed by atoms with van der Waals surface area (Å²) in [4.78, 5) is 0. The zero-order chi connectivity index (χ0) is 7.94. The number of unbranched alkanes of at least 4 members (excludes halogenated alkanes) is 1. The van der Waals surface area contributed by atoms with Gasteiger partial charge in [0.2, 0.25) is 0 Å². The fourth-order valence-corrected chi connectivity index (χ4v) is 1.29. The largest absolute Gasteiger partial charge is 0.385 e. The third kappa shape index (κ3) is 3.73. The van der Waals surface area contributed by atoms with Crippen molar-refractivity contribution in [2.24, 2.45) is 0 Å². The molecule has 1 rings (SSSR count). The summed E-state index contributed by atoms with van der Waals surface area (Å²) in [5.74, 6) is 0. The Balaban J connectivity index is 1.73. The number of ether oxygens (including phenoxy) is 1. The van der Waals surface area contributed by atoms with Crippen LogP contribution in [0.25, 0.3) is 0 Å². The number of rotatable bonds is 6. The van der Waals surface area contributed by atoms with E-state index in [1.54, 1.807) is 7.11 Å². The smallest absolute Gasteiger partial charge is 0.0462 e. The summed E-state index contributed by atoms with van der Waals surface area (Å²) in [6.45, 7) is 2.08. The van der Waals surface area contributed by atoms with E-state index < -0.39 is 0 Å². The highest BCUT2D eigenvalue weighted by Crippen LogP contribution is 2.17. The topological polar surface area (TPSA) is 21.3 Å². The normalized spacial score (nSPS) is 18.3. The first kappa shape index (κ1) is 9.01. The van der Waals surface area contributed by atoms with Gasteiger partial charge in [-0.1, -0.05) is 6.42 Å². The Hall–Kier alpha value is -0.0800. The third-order valence-electron chi connectivity index (χ3n) is 2.31. The van der Waals surface area contributed by atoms with E-state index in [9.17, 15) is 0 Å². The van der Waals surface area contributed by atoms with Crippen LogP contribution >= 0.6 is 0 Å². The van der Waals surface area contributed by atoms with Crippen LogP contribution in [-0.2, 0) is 4.74 Å². The molecule has 1 N–H and O–H groups in total. The highest BCUT2D eigenvalue weighted by atomic mass is 16.5. The second kappa shape index (κ2) is 5.56. The van der Waals surface area contributed by atoms with E-state index in [0.717, 1.165) is 12.6 Å². The Morgan fingerprint density at radius 3 is 2.73 bits per heavy atom. The molecule has 0 amide bonds. The van der Waals surface area contributed by atoms with Crippen LogP contribution in [0.4, 0.5) is 0 Å². The van der Waals surface area contributed by atoms with E-state index in [1.165, 1.54) is 38.6 Å². The van der Waals surface area contributed by atoms with Gasteiger partial charge in [-0.3, -0.25) is 0 Å². The molecule has 0 radical (unpaired) electrons. The highest BCUT2D eigenvalue weighted by Gasteiger charge is 2.15. The van der Waals surface area contributed by atoms with Gasteiger partial charge in [0.05, 0.1) is 0 Å². The molecule has 0 aliphatic heterocycles. The van der Waals surface area contributed by atoms with Gasteiger partial charge >= 0.3 is 0 Å².